The fourth-order valence-corrected chi connectivity index (χ4v) is 1.27. The Labute approximate surface area is 113 Å². The highest BCUT2D eigenvalue weighted by Gasteiger charge is 1.99. The zero-order chi connectivity index (χ0) is 14.2. The van der Waals surface area contributed by atoms with Crippen LogP contribution in [0.1, 0.15) is 19.3 Å². The van der Waals surface area contributed by atoms with E-state index in [1.54, 1.807) is 0 Å². The highest BCUT2D eigenvalue weighted by molar-refractivity contribution is 5.75. The summed E-state index contributed by atoms with van der Waals surface area (Å²) < 4.78 is 10.4. The summed E-state index contributed by atoms with van der Waals surface area (Å²) in [6.45, 7) is 3.47. The molecule has 0 aromatic carbocycles. The highest BCUT2D eigenvalue weighted by Crippen LogP contribution is 1.95. The molecule has 0 unspecified atom stereocenters. The number of amides is 1. The minimum absolute atomic E-state index is 0.0103. The van der Waals surface area contributed by atoms with Gasteiger partial charge in [-0.2, -0.15) is 0 Å². The van der Waals surface area contributed by atoms with E-state index in [9.17, 15) is 4.79 Å². The standard InChI is InChI=1S/C11H23N5O3/c12-4-7-18-9-10-19-8-6-14-11(17)3-1-2-5-15-16-13/h1-10,12H2,(H,14,17). The van der Waals surface area contributed by atoms with Crippen LogP contribution in [0.4, 0.5) is 0 Å². The zero-order valence-corrected chi connectivity index (χ0v) is 11.2. The van der Waals surface area contributed by atoms with Crippen LogP contribution in [-0.2, 0) is 14.3 Å². The molecule has 3 N–H and O–H groups in total. The second-order valence-corrected chi connectivity index (χ2v) is 3.77. The lowest BCUT2D eigenvalue weighted by Crippen LogP contribution is -2.27. The largest absolute Gasteiger partial charge is 0.378 e. The molecule has 0 aliphatic carbocycles. The third-order valence-electron chi connectivity index (χ3n) is 2.18. The van der Waals surface area contributed by atoms with Gasteiger partial charge in [-0.15, -0.1) is 0 Å². The molecule has 8 nitrogen and oxygen atoms in total. The molecule has 0 fully saturated rings. The van der Waals surface area contributed by atoms with Gasteiger partial charge in [0.1, 0.15) is 0 Å². The highest BCUT2D eigenvalue weighted by atomic mass is 16.5. The normalized spacial score (nSPS) is 9.95. The maximum Gasteiger partial charge on any atom is 0.220 e. The van der Waals surface area contributed by atoms with E-state index in [0.717, 1.165) is 12.8 Å². The summed E-state index contributed by atoms with van der Waals surface area (Å²) in [6, 6.07) is 0. The number of nitrogens with one attached hydrogen (secondary N) is 1. The van der Waals surface area contributed by atoms with Crippen LogP contribution in [0.25, 0.3) is 10.4 Å². The van der Waals surface area contributed by atoms with Crippen LogP contribution in [0.2, 0.25) is 0 Å². The van der Waals surface area contributed by atoms with Gasteiger partial charge in [-0.3, -0.25) is 4.79 Å². The molecule has 1 amide bonds. The van der Waals surface area contributed by atoms with E-state index in [4.69, 9.17) is 20.7 Å². The van der Waals surface area contributed by atoms with Gasteiger partial charge >= 0.3 is 0 Å². The van der Waals surface area contributed by atoms with Gasteiger partial charge in [-0.1, -0.05) is 5.11 Å². The third-order valence-corrected chi connectivity index (χ3v) is 2.18. The SMILES string of the molecule is [N-]=[N+]=NCCCCC(=O)NCCOCCOCCN. The summed E-state index contributed by atoms with van der Waals surface area (Å²) >= 11 is 0. The predicted molar refractivity (Wildman–Crippen MR) is 71.6 cm³/mol. The molecule has 0 saturated heterocycles. The molecule has 19 heavy (non-hydrogen) atoms. The van der Waals surface area contributed by atoms with E-state index in [1.165, 1.54) is 0 Å². The molecule has 0 aromatic heterocycles. The summed E-state index contributed by atoms with van der Waals surface area (Å²) in [4.78, 5) is 14.0. The smallest absolute Gasteiger partial charge is 0.220 e. The third kappa shape index (κ3) is 14.6. The van der Waals surface area contributed by atoms with Gasteiger partial charge in [0.25, 0.3) is 0 Å². The van der Waals surface area contributed by atoms with Gasteiger partial charge in [0.05, 0.1) is 26.4 Å². The summed E-state index contributed by atoms with van der Waals surface area (Å²) in [6.07, 6.45) is 1.89. The van der Waals surface area contributed by atoms with Crippen LogP contribution in [0.3, 0.4) is 0 Å². The molecule has 0 atom stereocenters. The lowest BCUT2D eigenvalue weighted by atomic mass is 10.2. The van der Waals surface area contributed by atoms with Crippen molar-refractivity contribution in [1.29, 1.82) is 0 Å². The molecule has 0 heterocycles. The van der Waals surface area contributed by atoms with E-state index >= 15 is 0 Å². The Hall–Kier alpha value is -1.34. The van der Waals surface area contributed by atoms with E-state index in [2.05, 4.69) is 15.3 Å². The fraction of sp³-hybridized carbons (Fsp3) is 0.909. The van der Waals surface area contributed by atoms with Gasteiger partial charge in [-0.25, -0.2) is 0 Å². The van der Waals surface area contributed by atoms with Gasteiger partial charge in [0.2, 0.25) is 5.91 Å². The summed E-state index contributed by atoms with van der Waals surface area (Å²) in [5.41, 5.74) is 13.3. The first-order valence-corrected chi connectivity index (χ1v) is 6.44. The number of nitrogens with zero attached hydrogens (tertiary/aromatic N) is 3. The number of carbonyl (C=O) groups excluding carboxylic acids is 1. The maximum absolute atomic E-state index is 11.3. The van der Waals surface area contributed by atoms with Crippen LogP contribution in [0.5, 0.6) is 0 Å². The molecular weight excluding hydrogens is 250 g/mol. The Bertz CT molecular complexity index is 269. The first kappa shape index (κ1) is 17.7. The first-order valence-electron chi connectivity index (χ1n) is 6.44. The Morgan fingerprint density at radius 2 is 1.95 bits per heavy atom. The lowest BCUT2D eigenvalue weighted by molar-refractivity contribution is -0.121. The second-order valence-electron chi connectivity index (χ2n) is 3.77. The van der Waals surface area contributed by atoms with Crippen molar-refractivity contribution in [3.05, 3.63) is 10.4 Å². The molecule has 0 saturated carbocycles. The molecule has 0 aliphatic heterocycles. The van der Waals surface area contributed by atoms with E-state index in [-0.39, 0.29) is 5.91 Å². The average Bonchev–Trinajstić information content (AvgIpc) is 2.41. The molecule has 0 aromatic rings. The molecule has 0 rings (SSSR count). The number of hydrogen-bond acceptors (Lipinski definition) is 5. The summed E-state index contributed by atoms with van der Waals surface area (Å²) in [5, 5.41) is 6.14. The number of azide groups is 1. The molecule has 110 valence electrons. The van der Waals surface area contributed by atoms with Crippen molar-refractivity contribution in [3.63, 3.8) is 0 Å². The first-order chi connectivity index (χ1) is 9.31. The number of nitrogens with two attached hydrogens (primary N) is 1. The molecule has 8 heteroatoms. The van der Waals surface area contributed by atoms with Crippen LogP contribution >= 0.6 is 0 Å². The second kappa shape index (κ2) is 14.7. The quantitative estimate of drug-likeness (QED) is 0.220. The van der Waals surface area contributed by atoms with Crippen molar-refractivity contribution in [2.45, 2.75) is 19.3 Å². The molecular formula is C11H23N5O3. The molecule has 0 aliphatic rings. The van der Waals surface area contributed by atoms with Gasteiger partial charge in [-0.05, 0) is 18.4 Å². The van der Waals surface area contributed by atoms with Crippen molar-refractivity contribution in [2.24, 2.45) is 10.8 Å². The number of carbonyl (C=O) groups is 1. The van der Waals surface area contributed by atoms with Crippen molar-refractivity contribution < 1.29 is 14.3 Å². The Morgan fingerprint density at radius 3 is 2.63 bits per heavy atom. The Kier molecular flexibility index (Phi) is 13.7. The maximum atomic E-state index is 11.3. The molecule has 0 spiro atoms. The van der Waals surface area contributed by atoms with Gasteiger partial charge in [0, 0.05) is 31.0 Å². The molecule has 0 radical (unpaired) electrons. The number of rotatable bonds is 13. The minimum Gasteiger partial charge on any atom is -0.378 e. The topological polar surface area (TPSA) is 122 Å². The van der Waals surface area contributed by atoms with Crippen LogP contribution in [-0.4, -0.2) is 52.0 Å². The van der Waals surface area contributed by atoms with E-state index < -0.39 is 0 Å². The lowest BCUT2D eigenvalue weighted by Gasteiger charge is -2.06. The number of ether oxygens (including phenoxy) is 2. The fourth-order valence-electron chi connectivity index (χ4n) is 1.27. The van der Waals surface area contributed by atoms with Crippen molar-refractivity contribution in [3.8, 4) is 0 Å². The zero-order valence-electron chi connectivity index (χ0n) is 11.2. The average molecular weight is 273 g/mol. The van der Waals surface area contributed by atoms with E-state index in [1.807, 2.05) is 0 Å². The number of unbranched alkanes of at least 4 members (excludes halogenated alkanes) is 1. The van der Waals surface area contributed by atoms with Crippen LogP contribution < -0.4 is 11.1 Å². The van der Waals surface area contributed by atoms with Crippen LogP contribution in [0, 0.1) is 0 Å². The minimum atomic E-state index is -0.0103. The van der Waals surface area contributed by atoms with Gasteiger partial charge in [0.15, 0.2) is 0 Å². The van der Waals surface area contributed by atoms with Crippen LogP contribution in [0.15, 0.2) is 5.11 Å². The van der Waals surface area contributed by atoms with Gasteiger partial charge < -0.3 is 20.5 Å². The Balaban J connectivity index is 3.18. The molecule has 0 bridgehead atoms. The van der Waals surface area contributed by atoms with Crippen molar-refractivity contribution in [2.75, 3.05) is 46.1 Å². The predicted octanol–water partition coefficient (Wildman–Crippen LogP) is 0.575. The monoisotopic (exact) mass is 273 g/mol. The Morgan fingerprint density at radius 1 is 1.21 bits per heavy atom. The van der Waals surface area contributed by atoms with E-state index in [0.29, 0.717) is 52.5 Å². The number of hydrogen-bond donors (Lipinski definition) is 2. The van der Waals surface area contributed by atoms with Crippen molar-refractivity contribution in [1.82, 2.24) is 5.32 Å². The summed E-state index contributed by atoms with van der Waals surface area (Å²) in [7, 11) is 0. The van der Waals surface area contributed by atoms with Crippen molar-refractivity contribution >= 4 is 5.91 Å². The summed E-state index contributed by atoms with van der Waals surface area (Å²) in [5.74, 6) is -0.0103.